The van der Waals surface area contributed by atoms with Crippen molar-refractivity contribution in [2.75, 3.05) is 5.73 Å². The zero-order chi connectivity index (χ0) is 12.7. The van der Waals surface area contributed by atoms with Crippen LogP contribution in [0.15, 0.2) is 30.3 Å². The Morgan fingerprint density at radius 1 is 1.24 bits per heavy atom. The third-order valence-electron chi connectivity index (χ3n) is 2.28. The van der Waals surface area contributed by atoms with Gasteiger partial charge in [0, 0.05) is 11.8 Å². The molecule has 17 heavy (non-hydrogen) atoms. The lowest BCUT2D eigenvalue weighted by molar-refractivity contribution is -0.345. The number of benzene rings is 1. The second kappa shape index (κ2) is 3.64. The molecule has 2 rings (SSSR count). The molecule has 7 heteroatoms. The first-order chi connectivity index (χ1) is 7.82. The van der Waals surface area contributed by atoms with Gasteiger partial charge in [-0.15, -0.1) is 0 Å². The number of alkyl halides is 3. The lowest BCUT2D eigenvalue weighted by atomic mass is 10.1. The lowest BCUT2D eigenvalue weighted by Gasteiger charge is -2.21. The minimum absolute atomic E-state index is 0.0322. The van der Waals surface area contributed by atoms with E-state index in [2.05, 4.69) is 4.84 Å². The molecule has 0 saturated heterocycles. The predicted octanol–water partition coefficient (Wildman–Crippen LogP) is 1.40. The van der Waals surface area contributed by atoms with E-state index in [1.807, 2.05) is 5.48 Å². The number of rotatable bonds is 1. The minimum atomic E-state index is -4.91. The topological polar surface area (TPSA) is 67.5 Å². The molecule has 4 nitrogen and oxygen atoms in total. The van der Waals surface area contributed by atoms with E-state index < -0.39 is 12.0 Å². The number of nitrogen functional groups attached to an aromatic ring is 1. The van der Waals surface area contributed by atoms with Crippen LogP contribution in [0.5, 0.6) is 0 Å². The van der Waals surface area contributed by atoms with Crippen LogP contribution in [0.2, 0.25) is 0 Å². The quantitative estimate of drug-likeness (QED) is 0.655. The van der Waals surface area contributed by atoms with E-state index in [1.54, 1.807) is 0 Å². The molecule has 0 spiro atoms. The maximum Gasteiger partial charge on any atom is 0.449 e. The molecule has 1 heterocycles. The Hall–Kier alpha value is -1.73. The van der Waals surface area contributed by atoms with Gasteiger partial charge >= 0.3 is 12.0 Å². The summed E-state index contributed by atoms with van der Waals surface area (Å²) < 4.78 is 37.3. The van der Waals surface area contributed by atoms with Gasteiger partial charge in [-0.3, -0.25) is 5.48 Å². The summed E-state index contributed by atoms with van der Waals surface area (Å²) in [7, 11) is 0. The average molecular weight is 246 g/mol. The maximum atomic E-state index is 12.4. The predicted molar refractivity (Wildman–Crippen MR) is 54.1 cm³/mol. The van der Waals surface area contributed by atoms with Gasteiger partial charge in [-0.2, -0.15) is 13.2 Å². The molecule has 0 aromatic heterocycles. The number of nitrogens with one attached hydrogen (secondary N) is 1. The van der Waals surface area contributed by atoms with Gasteiger partial charge in [-0.1, -0.05) is 12.1 Å². The molecule has 1 aliphatic rings. The molecule has 0 aliphatic carbocycles. The highest BCUT2D eigenvalue weighted by molar-refractivity contribution is 5.67. The van der Waals surface area contributed by atoms with Crippen LogP contribution in [0.1, 0.15) is 5.56 Å². The molecule has 1 aliphatic heterocycles. The van der Waals surface area contributed by atoms with Crippen molar-refractivity contribution in [2.45, 2.75) is 12.0 Å². The van der Waals surface area contributed by atoms with E-state index >= 15 is 0 Å². The van der Waals surface area contributed by atoms with Crippen LogP contribution >= 0.6 is 0 Å². The van der Waals surface area contributed by atoms with Crippen LogP contribution < -0.4 is 11.2 Å². The number of hydroxylamine groups is 1. The molecule has 0 saturated carbocycles. The molecule has 0 radical (unpaired) electrons. The Morgan fingerprint density at radius 2 is 1.82 bits per heavy atom. The first kappa shape index (κ1) is 11.7. The summed E-state index contributed by atoms with van der Waals surface area (Å²) in [5.74, 6) is -3.30. The molecule has 92 valence electrons. The van der Waals surface area contributed by atoms with Crippen molar-refractivity contribution >= 4 is 11.4 Å². The molecular weight excluding hydrogens is 237 g/mol. The van der Waals surface area contributed by atoms with Gasteiger partial charge in [0.05, 0.1) is 5.70 Å². The molecule has 1 aromatic rings. The van der Waals surface area contributed by atoms with E-state index in [1.165, 1.54) is 24.3 Å². The maximum absolute atomic E-state index is 12.4. The fourth-order valence-corrected chi connectivity index (χ4v) is 1.33. The number of halogens is 3. The van der Waals surface area contributed by atoms with Crippen LogP contribution in [0, 0.1) is 0 Å². The molecule has 0 amide bonds. The van der Waals surface area contributed by atoms with Crippen molar-refractivity contribution in [1.82, 2.24) is 5.48 Å². The Bertz CT molecular complexity index is 456. The monoisotopic (exact) mass is 246 g/mol. The zero-order valence-corrected chi connectivity index (χ0v) is 8.45. The van der Waals surface area contributed by atoms with Crippen molar-refractivity contribution in [3.63, 3.8) is 0 Å². The normalized spacial score (nSPS) is 24.4. The number of hydrogen-bond donors (Lipinski definition) is 3. The molecule has 1 aromatic carbocycles. The molecular formula is C10H9F3N2O2. The summed E-state index contributed by atoms with van der Waals surface area (Å²) in [6.45, 7) is 0. The molecule has 1 atom stereocenters. The van der Waals surface area contributed by atoms with E-state index in [9.17, 15) is 18.3 Å². The van der Waals surface area contributed by atoms with E-state index in [0.717, 1.165) is 0 Å². The van der Waals surface area contributed by atoms with Gasteiger partial charge in [0.15, 0.2) is 0 Å². The van der Waals surface area contributed by atoms with Gasteiger partial charge in [0.1, 0.15) is 0 Å². The summed E-state index contributed by atoms with van der Waals surface area (Å²) in [6.07, 6.45) is -4.34. The van der Waals surface area contributed by atoms with Gasteiger partial charge in [-0.25, -0.2) is 4.84 Å². The van der Waals surface area contributed by atoms with Gasteiger partial charge in [-0.05, 0) is 17.7 Å². The van der Waals surface area contributed by atoms with Crippen LogP contribution in [0.3, 0.4) is 0 Å². The number of aliphatic hydroxyl groups is 1. The molecule has 0 fully saturated rings. The third kappa shape index (κ3) is 2.06. The van der Waals surface area contributed by atoms with Crippen LogP contribution in [0.4, 0.5) is 18.9 Å². The van der Waals surface area contributed by atoms with Crippen LogP contribution in [-0.2, 0) is 4.84 Å². The molecule has 4 N–H and O–H groups in total. The van der Waals surface area contributed by atoms with Crippen molar-refractivity contribution in [1.29, 1.82) is 0 Å². The highest BCUT2D eigenvalue weighted by Crippen LogP contribution is 2.37. The fourth-order valence-electron chi connectivity index (χ4n) is 1.33. The van der Waals surface area contributed by atoms with Crippen LogP contribution in [0.25, 0.3) is 5.70 Å². The minimum Gasteiger partial charge on any atom is -0.399 e. The lowest BCUT2D eigenvalue weighted by Crippen LogP contribution is -2.45. The van der Waals surface area contributed by atoms with Crippen molar-refractivity contribution < 1.29 is 23.1 Å². The first-order valence-corrected chi connectivity index (χ1v) is 4.64. The smallest absolute Gasteiger partial charge is 0.399 e. The Labute approximate surface area is 94.4 Å². The van der Waals surface area contributed by atoms with Crippen molar-refractivity contribution in [3.05, 3.63) is 35.9 Å². The standard InChI is InChI=1S/C10H9F3N2O2/c11-10(12,13)9(16)5-8(15-17-9)6-1-3-7(14)4-2-6/h1-5,15-16H,14H2. The SMILES string of the molecule is Nc1ccc(C2=CC(O)(C(F)(F)F)ON2)cc1. The summed E-state index contributed by atoms with van der Waals surface area (Å²) in [4.78, 5) is 4.16. The number of nitrogens with two attached hydrogens (primary N) is 1. The summed E-state index contributed by atoms with van der Waals surface area (Å²) in [5, 5.41) is 9.20. The fraction of sp³-hybridized carbons (Fsp3) is 0.200. The molecule has 1 unspecified atom stereocenters. The Balaban J connectivity index is 2.31. The second-order valence-electron chi connectivity index (χ2n) is 3.58. The average Bonchev–Trinajstić information content (AvgIpc) is 2.63. The van der Waals surface area contributed by atoms with E-state index in [4.69, 9.17) is 5.73 Å². The number of hydrogen-bond acceptors (Lipinski definition) is 4. The van der Waals surface area contributed by atoms with Crippen molar-refractivity contribution in [3.8, 4) is 0 Å². The zero-order valence-electron chi connectivity index (χ0n) is 8.45. The first-order valence-electron chi connectivity index (χ1n) is 4.64. The highest BCUT2D eigenvalue weighted by atomic mass is 19.4. The van der Waals surface area contributed by atoms with Gasteiger partial charge in [0.25, 0.3) is 0 Å². The molecule has 0 bridgehead atoms. The van der Waals surface area contributed by atoms with Gasteiger partial charge < -0.3 is 10.8 Å². The van der Waals surface area contributed by atoms with E-state index in [0.29, 0.717) is 17.3 Å². The summed E-state index contributed by atoms with van der Waals surface area (Å²) in [6, 6.07) is 6.09. The second-order valence-corrected chi connectivity index (χ2v) is 3.58. The number of anilines is 1. The Morgan fingerprint density at radius 3 is 2.29 bits per heavy atom. The highest BCUT2D eigenvalue weighted by Gasteiger charge is 2.57. The van der Waals surface area contributed by atoms with Crippen molar-refractivity contribution in [2.24, 2.45) is 0 Å². The summed E-state index contributed by atoms with van der Waals surface area (Å²) >= 11 is 0. The van der Waals surface area contributed by atoms with E-state index in [-0.39, 0.29) is 5.70 Å². The third-order valence-corrected chi connectivity index (χ3v) is 2.28. The summed E-state index contributed by atoms with van der Waals surface area (Å²) in [5.41, 5.74) is 8.43. The largest absolute Gasteiger partial charge is 0.449 e. The van der Waals surface area contributed by atoms with Gasteiger partial charge in [0.2, 0.25) is 0 Å². The Kier molecular flexibility index (Phi) is 2.52. The van der Waals surface area contributed by atoms with Crippen LogP contribution in [-0.4, -0.2) is 17.1 Å².